The van der Waals surface area contributed by atoms with Gasteiger partial charge in [-0.2, -0.15) is 5.26 Å². The molecule has 0 amide bonds. The molecular weight excluding hydrogens is 342 g/mol. The summed E-state index contributed by atoms with van der Waals surface area (Å²) in [6.45, 7) is 13.6. The highest BCUT2D eigenvalue weighted by atomic mass is 79.9. The summed E-state index contributed by atoms with van der Waals surface area (Å²) in [5, 5.41) is 9.63. The van der Waals surface area contributed by atoms with Crippen LogP contribution in [-0.4, -0.2) is 5.75 Å². The Balaban J connectivity index is 3.42. The van der Waals surface area contributed by atoms with Crippen molar-refractivity contribution in [2.24, 2.45) is 0 Å². The molecule has 0 aliphatic rings. The van der Waals surface area contributed by atoms with Crippen molar-refractivity contribution in [2.75, 3.05) is 5.75 Å². The second kappa shape index (κ2) is 7.20. The number of hydrogen-bond acceptors (Lipinski definition) is 2. The molecule has 116 valence electrons. The number of alkyl halides is 1. The maximum Gasteiger partial charge on any atom is 0.0630 e. The summed E-state index contributed by atoms with van der Waals surface area (Å²) in [7, 11) is 0. The minimum Gasteiger partial charge on any atom is -0.198 e. The molecule has 3 heteroatoms. The molecule has 0 aliphatic heterocycles. The van der Waals surface area contributed by atoms with Crippen LogP contribution in [0, 0.1) is 11.3 Å². The zero-order valence-electron chi connectivity index (χ0n) is 14.0. The van der Waals surface area contributed by atoms with Gasteiger partial charge in [0.1, 0.15) is 0 Å². The number of halogens is 1. The normalized spacial score (nSPS) is 12.3. The topological polar surface area (TPSA) is 23.8 Å². The van der Waals surface area contributed by atoms with E-state index in [0.29, 0.717) is 6.42 Å². The molecule has 1 aromatic rings. The zero-order chi connectivity index (χ0) is 16.3. The van der Waals surface area contributed by atoms with E-state index in [1.165, 1.54) is 21.6 Å². The Morgan fingerprint density at radius 1 is 1.10 bits per heavy atom. The fraction of sp³-hybridized carbons (Fsp3) is 0.611. The van der Waals surface area contributed by atoms with Gasteiger partial charge in [0.15, 0.2) is 0 Å². The van der Waals surface area contributed by atoms with Crippen LogP contribution in [0.1, 0.15) is 64.7 Å². The summed E-state index contributed by atoms with van der Waals surface area (Å²) in [4.78, 5) is 1.35. The molecule has 0 spiro atoms. The lowest BCUT2D eigenvalue weighted by Gasteiger charge is -2.29. The van der Waals surface area contributed by atoms with Crippen LogP contribution < -0.4 is 0 Å². The number of benzene rings is 1. The Bertz CT molecular complexity index is 530. The summed E-state index contributed by atoms with van der Waals surface area (Å²) in [6, 6.07) is 6.92. The molecule has 0 saturated carbocycles. The smallest absolute Gasteiger partial charge is 0.0630 e. The van der Waals surface area contributed by atoms with Gasteiger partial charge in [-0.25, -0.2) is 0 Å². The second-order valence-corrected chi connectivity index (χ2v) is 9.07. The second-order valence-electron chi connectivity index (χ2n) is 7.40. The minimum absolute atomic E-state index is 0.104. The van der Waals surface area contributed by atoms with Crippen LogP contribution in [0.5, 0.6) is 0 Å². The van der Waals surface area contributed by atoms with E-state index in [2.05, 4.69) is 75.7 Å². The summed E-state index contributed by atoms with van der Waals surface area (Å²) >= 11 is 5.46. The first kappa shape index (κ1) is 18.6. The average Bonchev–Trinajstić information content (AvgIpc) is 2.36. The largest absolute Gasteiger partial charge is 0.198 e. The third-order valence-corrected chi connectivity index (χ3v) is 5.23. The molecule has 1 aromatic carbocycles. The molecule has 0 radical (unpaired) electrons. The lowest BCUT2D eigenvalue weighted by molar-refractivity contribution is 0.558. The fourth-order valence-corrected chi connectivity index (χ4v) is 4.01. The summed E-state index contributed by atoms with van der Waals surface area (Å²) in [6.07, 6.45) is 0.594. The highest BCUT2D eigenvalue weighted by Gasteiger charge is 2.24. The third kappa shape index (κ3) is 5.04. The molecule has 0 bridgehead atoms. The van der Waals surface area contributed by atoms with Gasteiger partial charge in [-0.15, -0.1) is 11.8 Å². The van der Waals surface area contributed by atoms with Gasteiger partial charge < -0.3 is 0 Å². The van der Waals surface area contributed by atoms with E-state index in [0.717, 1.165) is 11.1 Å². The first-order valence-corrected chi connectivity index (χ1v) is 9.45. The van der Waals surface area contributed by atoms with Crippen molar-refractivity contribution in [3.05, 3.63) is 28.8 Å². The molecule has 0 atom stereocenters. The van der Waals surface area contributed by atoms with Crippen LogP contribution in [0.25, 0.3) is 0 Å². The lowest BCUT2D eigenvalue weighted by Crippen LogP contribution is -2.18. The van der Waals surface area contributed by atoms with Gasteiger partial charge >= 0.3 is 0 Å². The van der Waals surface area contributed by atoms with Crippen molar-refractivity contribution in [1.29, 1.82) is 5.26 Å². The lowest BCUT2D eigenvalue weighted by atomic mass is 9.79. The highest BCUT2D eigenvalue weighted by molar-refractivity contribution is 9.08. The molecule has 0 heterocycles. The summed E-state index contributed by atoms with van der Waals surface area (Å²) < 4.78 is 0. The molecule has 0 aromatic heterocycles. The average molecular weight is 368 g/mol. The van der Waals surface area contributed by atoms with E-state index in [4.69, 9.17) is 5.26 Å². The van der Waals surface area contributed by atoms with Crippen molar-refractivity contribution >= 4 is 27.7 Å². The Hall–Kier alpha value is -0.460. The molecule has 0 N–H and O–H groups in total. The molecule has 0 unspecified atom stereocenters. The minimum atomic E-state index is 0.104. The van der Waals surface area contributed by atoms with Gasteiger partial charge in [0.05, 0.1) is 6.07 Å². The third-order valence-electron chi connectivity index (χ3n) is 3.44. The van der Waals surface area contributed by atoms with Gasteiger partial charge in [-0.05, 0) is 27.5 Å². The number of nitrogens with zero attached hydrogens (tertiary/aromatic N) is 1. The number of rotatable bonds is 4. The van der Waals surface area contributed by atoms with Gasteiger partial charge in [-0.1, -0.05) is 69.6 Å². The van der Waals surface area contributed by atoms with Crippen LogP contribution in [0.15, 0.2) is 17.0 Å². The standard InChI is InChI=1S/C18H26BrNS/c1-17(2,3)14-10-13(12-19)16(21-9-7-8-20)15(11-14)18(4,5)6/h10-11H,7,9,12H2,1-6H3. The fourth-order valence-electron chi connectivity index (χ4n) is 2.15. The molecule has 0 fully saturated rings. The van der Waals surface area contributed by atoms with E-state index in [9.17, 15) is 0 Å². The van der Waals surface area contributed by atoms with Crippen molar-refractivity contribution in [3.63, 3.8) is 0 Å². The quantitative estimate of drug-likeness (QED) is 0.360. The number of thioether (sulfide) groups is 1. The van der Waals surface area contributed by atoms with Crippen LogP contribution in [0.4, 0.5) is 0 Å². The highest BCUT2D eigenvalue weighted by Crippen LogP contribution is 2.39. The molecule has 0 saturated heterocycles. The molecule has 0 aliphatic carbocycles. The Labute approximate surface area is 142 Å². The number of hydrogen-bond donors (Lipinski definition) is 0. The number of nitriles is 1. The SMILES string of the molecule is CC(C)(C)c1cc(CBr)c(SCCC#N)c(C(C)(C)C)c1. The molecule has 1 nitrogen and oxygen atoms in total. The Kier molecular flexibility index (Phi) is 6.37. The maximum absolute atomic E-state index is 8.78. The van der Waals surface area contributed by atoms with E-state index in [1.807, 2.05) is 11.8 Å². The van der Waals surface area contributed by atoms with E-state index in [-0.39, 0.29) is 10.8 Å². The van der Waals surface area contributed by atoms with Crippen molar-refractivity contribution < 1.29 is 0 Å². The first-order valence-electron chi connectivity index (χ1n) is 7.35. The molecule has 21 heavy (non-hydrogen) atoms. The van der Waals surface area contributed by atoms with Gasteiger partial charge in [0.25, 0.3) is 0 Å². The molecular formula is C18H26BrNS. The van der Waals surface area contributed by atoms with Gasteiger partial charge in [-0.3, -0.25) is 0 Å². The van der Waals surface area contributed by atoms with Gasteiger partial charge in [0, 0.05) is 22.4 Å². The summed E-state index contributed by atoms with van der Waals surface area (Å²) in [5.41, 5.74) is 4.37. The van der Waals surface area contributed by atoms with Crippen LogP contribution in [-0.2, 0) is 16.2 Å². The monoisotopic (exact) mass is 367 g/mol. The van der Waals surface area contributed by atoms with Gasteiger partial charge in [0.2, 0.25) is 0 Å². The summed E-state index contributed by atoms with van der Waals surface area (Å²) in [5.74, 6) is 0.856. The first-order chi connectivity index (χ1) is 9.61. The van der Waals surface area contributed by atoms with Crippen molar-refractivity contribution in [2.45, 2.75) is 69.0 Å². The predicted octanol–water partition coefficient (Wildman–Crippen LogP) is 6.18. The van der Waals surface area contributed by atoms with E-state index in [1.54, 1.807) is 0 Å². The van der Waals surface area contributed by atoms with Crippen LogP contribution in [0.3, 0.4) is 0 Å². The van der Waals surface area contributed by atoms with E-state index < -0.39 is 0 Å². The Morgan fingerprint density at radius 3 is 2.14 bits per heavy atom. The Morgan fingerprint density at radius 2 is 1.71 bits per heavy atom. The van der Waals surface area contributed by atoms with Crippen molar-refractivity contribution in [1.82, 2.24) is 0 Å². The van der Waals surface area contributed by atoms with Crippen molar-refractivity contribution in [3.8, 4) is 6.07 Å². The zero-order valence-corrected chi connectivity index (χ0v) is 16.4. The van der Waals surface area contributed by atoms with Crippen LogP contribution >= 0.6 is 27.7 Å². The maximum atomic E-state index is 8.78. The predicted molar refractivity (Wildman–Crippen MR) is 97.4 cm³/mol. The molecule has 1 rings (SSSR count). The van der Waals surface area contributed by atoms with E-state index >= 15 is 0 Å². The van der Waals surface area contributed by atoms with Crippen LogP contribution in [0.2, 0.25) is 0 Å².